The number of hydrogen-bond donors (Lipinski definition) is 1. The van der Waals surface area contributed by atoms with Crippen molar-refractivity contribution in [2.24, 2.45) is 0 Å². The lowest BCUT2D eigenvalue weighted by atomic mass is 9.96. The molecule has 1 N–H and O–H groups in total. The van der Waals surface area contributed by atoms with Crippen molar-refractivity contribution in [1.29, 1.82) is 0 Å². The average molecular weight is 360 g/mol. The van der Waals surface area contributed by atoms with Gasteiger partial charge >= 0.3 is 5.97 Å². The standard InChI is InChI=1S/C17H10ClNO6/c18-11-5-1-9(2-6-11)14(20)13-15(21)17(22)25-16(13)10-3-7-12(8-4-10)19(23)24/h1-8,16,20H/b14-13+/t16-/m0/s1. The molecule has 1 aliphatic heterocycles. The van der Waals surface area contributed by atoms with Gasteiger partial charge in [0.25, 0.3) is 11.5 Å². The first-order valence-corrected chi connectivity index (χ1v) is 7.45. The number of hydrogen-bond acceptors (Lipinski definition) is 6. The number of nitro groups is 1. The maximum Gasteiger partial charge on any atom is 0.380 e. The number of benzene rings is 2. The lowest BCUT2D eigenvalue weighted by Crippen LogP contribution is -2.08. The summed E-state index contributed by atoms with van der Waals surface area (Å²) in [5.74, 6) is -2.47. The molecule has 0 amide bonds. The fourth-order valence-electron chi connectivity index (χ4n) is 2.45. The van der Waals surface area contributed by atoms with E-state index in [0.717, 1.165) is 0 Å². The Morgan fingerprint density at radius 3 is 2.24 bits per heavy atom. The topological polar surface area (TPSA) is 107 Å². The van der Waals surface area contributed by atoms with E-state index >= 15 is 0 Å². The zero-order valence-corrected chi connectivity index (χ0v) is 13.3. The second-order valence-electron chi connectivity index (χ2n) is 5.23. The van der Waals surface area contributed by atoms with Crippen LogP contribution in [0.1, 0.15) is 17.2 Å². The number of nitro benzene ring substituents is 1. The van der Waals surface area contributed by atoms with E-state index < -0.39 is 28.5 Å². The first kappa shape index (κ1) is 16.7. The number of esters is 1. The Labute approximate surface area is 146 Å². The molecule has 2 aromatic carbocycles. The number of nitrogens with zero attached hydrogens (tertiary/aromatic N) is 1. The molecule has 25 heavy (non-hydrogen) atoms. The van der Waals surface area contributed by atoms with Gasteiger partial charge in [0.2, 0.25) is 0 Å². The van der Waals surface area contributed by atoms with Crippen molar-refractivity contribution in [1.82, 2.24) is 0 Å². The van der Waals surface area contributed by atoms with Crippen molar-refractivity contribution >= 4 is 34.8 Å². The molecular weight excluding hydrogens is 350 g/mol. The number of rotatable bonds is 3. The Bertz CT molecular complexity index is 902. The van der Waals surface area contributed by atoms with E-state index in [-0.39, 0.29) is 16.8 Å². The third-order valence-corrected chi connectivity index (χ3v) is 3.95. The summed E-state index contributed by atoms with van der Waals surface area (Å²) >= 11 is 5.79. The molecule has 7 nitrogen and oxygen atoms in total. The monoisotopic (exact) mass is 359 g/mol. The van der Waals surface area contributed by atoms with E-state index in [4.69, 9.17) is 16.3 Å². The normalized spacial score (nSPS) is 18.8. The van der Waals surface area contributed by atoms with Gasteiger partial charge in [-0.25, -0.2) is 4.79 Å². The van der Waals surface area contributed by atoms with Crippen molar-refractivity contribution < 1.29 is 24.4 Å². The average Bonchev–Trinajstić information content (AvgIpc) is 2.90. The van der Waals surface area contributed by atoms with Crippen LogP contribution in [0.3, 0.4) is 0 Å². The molecule has 1 aliphatic rings. The summed E-state index contributed by atoms with van der Waals surface area (Å²) in [5, 5.41) is 21.6. The number of aliphatic hydroxyl groups is 1. The largest absolute Gasteiger partial charge is 0.507 e. The Morgan fingerprint density at radius 2 is 1.68 bits per heavy atom. The number of aliphatic hydroxyl groups excluding tert-OH is 1. The summed E-state index contributed by atoms with van der Waals surface area (Å²) in [4.78, 5) is 34.0. The van der Waals surface area contributed by atoms with E-state index in [1.165, 1.54) is 48.5 Å². The van der Waals surface area contributed by atoms with Crippen LogP contribution >= 0.6 is 11.6 Å². The quantitative estimate of drug-likeness (QED) is 0.225. The summed E-state index contributed by atoms with van der Waals surface area (Å²) in [6, 6.07) is 11.2. The highest BCUT2D eigenvalue weighted by Crippen LogP contribution is 2.37. The molecule has 0 aliphatic carbocycles. The molecule has 0 radical (unpaired) electrons. The first-order valence-electron chi connectivity index (χ1n) is 7.07. The minimum atomic E-state index is -1.14. The predicted molar refractivity (Wildman–Crippen MR) is 87.9 cm³/mol. The van der Waals surface area contributed by atoms with Crippen molar-refractivity contribution in [3.05, 3.63) is 80.4 Å². The summed E-state index contributed by atoms with van der Waals surface area (Å²) in [6.07, 6.45) is -1.14. The zero-order valence-electron chi connectivity index (χ0n) is 12.5. The van der Waals surface area contributed by atoms with Gasteiger partial charge in [-0.05, 0) is 42.0 Å². The first-order chi connectivity index (χ1) is 11.9. The summed E-state index contributed by atoms with van der Waals surface area (Å²) < 4.78 is 5.04. The van der Waals surface area contributed by atoms with Crippen molar-refractivity contribution in [3.8, 4) is 0 Å². The Balaban J connectivity index is 2.07. The molecule has 1 atom stereocenters. The number of non-ortho nitro benzene ring substituents is 1. The molecule has 1 saturated heterocycles. The molecule has 0 spiro atoms. The second kappa shape index (κ2) is 6.37. The van der Waals surface area contributed by atoms with E-state index in [1.54, 1.807) is 0 Å². The highest BCUT2D eigenvalue weighted by atomic mass is 35.5. The van der Waals surface area contributed by atoms with Crippen LogP contribution in [-0.2, 0) is 14.3 Å². The Morgan fingerprint density at radius 1 is 1.08 bits per heavy atom. The van der Waals surface area contributed by atoms with Crippen LogP contribution in [0.2, 0.25) is 5.02 Å². The lowest BCUT2D eigenvalue weighted by molar-refractivity contribution is -0.384. The number of halogens is 1. The van der Waals surface area contributed by atoms with Crippen molar-refractivity contribution in [3.63, 3.8) is 0 Å². The third-order valence-electron chi connectivity index (χ3n) is 3.70. The minimum Gasteiger partial charge on any atom is -0.507 e. The number of carbonyl (C=O) groups is 2. The molecule has 1 fully saturated rings. The lowest BCUT2D eigenvalue weighted by Gasteiger charge is -2.12. The molecule has 3 rings (SSSR count). The van der Waals surface area contributed by atoms with Crippen LogP contribution in [0.25, 0.3) is 5.76 Å². The van der Waals surface area contributed by atoms with E-state index in [9.17, 15) is 24.8 Å². The molecule has 8 heteroatoms. The molecule has 0 saturated carbocycles. The van der Waals surface area contributed by atoms with Crippen LogP contribution in [0, 0.1) is 10.1 Å². The smallest absolute Gasteiger partial charge is 0.380 e. The van der Waals surface area contributed by atoms with Gasteiger partial charge in [0, 0.05) is 22.7 Å². The van der Waals surface area contributed by atoms with Crippen LogP contribution in [0.15, 0.2) is 54.1 Å². The number of carbonyl (C=O) groups excluding carboxylic acids is 2. The van der Waals surface area contributed by atoms with Crippen LogP contribution in [0.4, 0.5) is 5.69 Å². The summed E-state index contributed by atoms with van der Waals surface area (Å²) in [7, 11) is 0. The fourth-order valence-corrected chi connectivity index (χ4v) is 2.58. The zero-order chi connectivity index (χ0) is 18.1. The van der Waals surface area contributed by atoms with Gasteiger partial charge < -0.3 is 9.84 Å². The minimum absolute atomic E-state index is 0.146. The maximum absolute atomic E-state index is 12.1. The van der Waals surface area contributed by atoms with E-state index in [1.807, 2.05) is 0 Å². The SMILES string of the molecule is O=C1O[C@@H](c2ccc([N+](=O)[O-])cc2)/C(=C(/O)c2ccc(Cl)cc2)C1=O. The number of ether oxygens (including phenoxy) is 1. The van der Waals surface area contributed by atoms with Crippen molar-refractivity contribution in [2.75, 3.05) is 0 Å². The molecule has 0 unspecified atom stereocenters. The number of cyclic esters (lactones) is 1. The fraction of sp³-hybridized carbons (Fsp3) is 0.0588. The molecular formula is C17H10ClNO6. The molecule has 0 bridgehead atoms. The Kier molecular flexibility index (Phi) is 4.24. The highest BCUT2D eigenvalue weighted by Gasteiger charge is 2.42. The molecule has 2 aromatic rings. The van der Waals surface area contributed by atoms with Gasteiger partial charge in [-0.2, -0.15) is 0 Å². The van der Waals surface area contributed by atoms with Crippen LogP contribution in [0.5, 0.6) is 0 Å². The third kappa shape index (κ3) is 3.09. The van der Waals surface area contributed by atoms with Gasteiger partial charge in [-0.3, -0.25) is 14.9 Å². The summed E-state index contributed by atoms with van der Waals surface area (Å²) in [5.41, 5.74) is 0.256. The van der Waals surface area contributed by atoms with Gasteiger partial charge in [-0.1, -0.05) is 11.6 Å². The van der Waals surface area contributed by atoms with Gasteiger partial charge in [0.15, 0.2) is 6.10 Å². The van der Waals surface area contributed by atoms with Crippen LogP contribution in [-0.4, -0.2) is 21.8 Å². The summed E-state index contributed by atoms with van der Waals surface area (Å²) in [6.45, 7) is 0. The van der Waals surface area contributed by atoms with Crippen LogP contribution < -0.4 is 0 Å². The van der Waals surface area contributed by atoms with Gasteiger partial charge in [0.1, 0.15) is 5.76 Å². The van der Waals surface area contributed by atoms with Gasteiger partial charge in [-0.15, -0.1) is 0 Å². The number of Topliss-reactive ketones (excluding diaryl/α,β-unsaturated/α-hetero) is 1. The van der Waals surface area contributed by atoms with E-state index in [2.05, 4.69) is 0 Å². The maximum atomic E-state index is 12.1. The molecule has 0 aromatic heterocycles. The van der Waals surface area contributed by atoms with E-state index in [0.29, 0.717) is 10.6 Å². The van der Waals surface area contributed by atoms with Crippen molar-refractivity contribution in [2.45, 2.75) is 6.10 Å². The predicted octanol–water partition coefficient (Wildman–Crippen LogP) is 3.38. The second-order valence-corrected chi connectivity index (χ2v) is 5.67. The molecule has 126 valence electrons. The number of ketones is 1. The molecule has 1 heterocycles. The van der Waals surface area contributed by atoms with Gasteiger partial charge in [0.05, 0.1) is 10.5 Å². The highest BCUT2D eigenvalue weighted by molar-refractivity contribution is 6.44. The Hall–Kier alpha value is -3.19.